The molecule has 0 radical (unpaired) electrons. The van der Waals surface area contributed by atoms with Gasteiger partial charge in [0.25, 0.3) is 0 Å². The SMILES string of the molecule is CC/C=C\C/C=C\C/C=C\C/C=C\C/C=C\C/C=C\C/C=C\CCCCCCCC(=O)OCC(COC(=O)CCCCCCC/C=C\CCCC)OC(=O)CCCCCCCCCCCCCCCCCCCCCCCCCC. The van der Waals surface area contributed by atoms with Gasteiger partial charge in [-0.15, -0.1) is 0 Å². The number of ether oxygens (including phenoxy) is 3. The normalized spacial score (nSPS) is 12.7. The van der Waals surface area contributed by atoms with Crippen molar-refractivity contribution < 1.29 is 28.6 Å². The van der Waals surface area contributed by atoms with Gasteiger partial charge in [-0.25, -0.2) is 0 Å². The predicted octanol–water partition coefficient (Wildman–Crippen LogP) is 23.6. The fourth-order valence-corrected chi connectivity index (χ4v) is 9.70. The van der Waals surface area contributed by atoms with E-state index in [1.807, 2.05) is 0 Å². The van der Waals surface area contributed by atoms with Gasteiger partial charge in [0, 0.05) is 19.3 Å². The molecule has 0 bridgehead atoms. The summed E-state index contributed by atoms with van der Waals surface area (Å²) in [5.41, 5.74) is 0. The molecule has 6 heteroatoms. The lowest BCUT2D eigenvalue weighted by Gasteiger charge is -2.18. The van der Waals surface area contributed by atoms with Gasteiger partial charge in [-0.05, 0) is 96.3 Å². The molecule has 0 saturated carbocycles. The van der Waals surface area contributed by atoms with E-state index in [-0.39, 0.29) is 31.1 Å². The number of carbonyl (C=O) groups is 3. The zero-order valence-electron chi connectivity index (χ0n) is 52.8. The Labute approximate surface area is 496 Å². The summed E-state index contributed by atoms with van der Waals surface area (Å²) >= 11 is 0. The Morgan fingerprint density at radius 2 is 0.500 bits per heavy atom. The summed E-state index contributed by atoms with van der Waals surface area (Å²) in [5.74, 6) is -0.900. The number of allylic oxidation sites excluding steroid dienone is 16. The second-order valence-electron chi connectivity index (χ2n) is 22.7. The first kappa shape index (κ1) is 76.3. The molecule has 0 saturated heterocycles. The first-order valence-electron chi connectivity index (χ1n) is 34.2. The van der Waals surface area contributed by atoms with Crippen LogP contribution in [0.15, 0.2) is 97.2 Å². The minimum absolute atomic E-state index is 0.0858. The van der Waals surface area contributed by atoms with Crippen LogP contribution in [0.4, 0.5) is 0 Å². The van der Waals surface area contributed by atoms with E-state index in [1.54, 1.807) is 0 Å². The third-order valence-corrected chi connectivity index (χ3v) is 14.8. The van der Waals surface area contributed by atoms with E-state index in [9.17, 15) is 14.4 Å². The third-order valence-electron chi connectivity index (χ3n) is 14.8. The molecule has 0 aromatic heterocycles. The van der Waals surface area contributed by atoms with Crippen LogP contribution in [0.3, 0.4) is 0 Å². The molecule has 0 N–H and O–H groups in total. The Hall–Kier alpha value is -3.67. The maximum Gasteiger partial charge on any atom is 0.306 e. The molecule has 6 nitrogen and oxygen atoms in total. The highest BCUT2D eigenvalue weighted by molar-refractivity contribution is 5.71. The molecule has 0 aromatic carbocycles. The second kappa shape index (κ2) is 67.8. The summed E-state index contributed by atoms with van der Waals surface area (Å²) in [6.07, 6.45) is 91.5. The average molecular weight is 1110 g/mol. The number of rotatable bonds is 62. The average Bonchev–Trinajstić information content (AvgIpc) is 3.46. The van der Waals surface area contributed by atoms with Crippen LogP contribution in [0.5, 0.6) is 0 Å². The van der Waals surface area contributed by atoms with Gasteiger partial charge in [0.05, 0.1) is 0 Å². The number of hydrogen-bond acceptors (Lipinski definition) is 6. The zero-order chi connectivity index (χ0) is 57.8. The van der Waals surface area contributed by atoms with Crippen molar-refractivity contribution in [3.05, 3.63) is 97.2 Å². The van der Waals surface area contributed by atoms with Crippen LogP contribution in [0.25, 0.3) is 0 Å². The Kier molecular flexibility index (Phi) is 64.7. The highest BCUT2D eigenvalue weighted by atomic mass is 16.6. The molecule has 0 rings (SSSR count). The van der Waals surface area contributed by atoms with E-state index < -0.39 is 6.10 Å². The van der Waals surface area contributed by atoms with Gasteiger partial charge in [-0.1, -0.05) is 317 Å². The monoisotopic (exact) mass is 1110 g/mol. The highest BCUT2D eigenvalue weighted by Gasteiger charge is 2.19. The number of carbonyl (C=O) groups excluding carboxylic acids is 3. The third kappa shape index (κ3) is 65.1. The molecule has 0 aromatic rings. The van der Waals surface area contributed by atoms with Gasteiger partial charge in [0.2, 0.25) is 0 Å². The van der Waals surface area contributed by atoms with Crippen LogP contribution in [-0.2, 0) is 28.6 Å². The van der Waals surface area contributed by atoms with Crippen molar-refractivity contribution in [1.29, 1.82) is 0 Å². The molecule has 0 heterocycles. The maximum absolute atomic E-state index is 12.9. The summed E-state index contributed by atoms with van der Waals surface area (Å²) < 4.78 is 16.9. The topological polar surface area (TPSA) is 78.9 Å². The Morgan fingerprint density at radius 1 is 0.263 bits per heavy atom. The smallest absolute Gasteiger partial charge is 0.306 e. The summed E-state index contributed by atoms with van der Waals surface area (Å²) in [7, 11) is 0. The lowest BCUT2D eigenvalue weighted by Crippen LogP contribution is -2.30. The molecular weight excluding hydrogens is 985 g/mol. The van der Waals surface area contributed by atoms with Crippen LogP contribution >= 0.6 is 0 Å². The minimum atomic E-state index is -0.789. The largest absolute Gasteiger partial charge is 0.462 e. The van der Waals surface area contributed by atoms with Crippen molar-refractivity contribution in [1.82, 2.24) is 0 Å². The Morgan fingerprint density at radius 3 is 0.812 bits per heavy atom. The van der Waals surface area contributed by atoms with Gasteiger partial charge in [0.1, 0.15) is 13.2 Å². The first-order chi connectivity index (χ1) is 39.5. The van der Waals surface area contributed by atoms with Crippen molar-refractivity contribution in [3.8, 4) is 0 Å². The molecule has 460 valence electrons. The maximum atomic E-state index is 12.9. The highest BCUT2D eigenvalue weighted by Crippen LogP contribution is 2.17. The quantitative estimate of drug-likeness (QED) is 0.0261. The lowest BCUT2D eigenvalue weighted by molar-refractivity contribution is -0.167. The number of hydrogen-bond donors (Lipinski definition) is 0. The Bertz CT molecular complexity index is 1560. The molecule has 80 heavy (non-hydrogen) atoms. The summed E-state index contributed by atoms with van der Waals surface area (Å²) in [6.45, 7) is 6.50. The van der Waals surface area contributed by atoms with E-state index in [4.69, 9.17) is 14.2 Å². The van der Waals surface area contributed by atoms with Crippen molar-refractivity contribution in [2.75, 3.05) is 13.2 Å². The minimum Gasteiger partial charge on any atom is -0.462 e. The standard InChI is InChI=1S/C74H128O6/c1-4-7-10-13-16-19-22-24-26-28-30-32-34-36-37-38-40-41-43-45-47-49-52-55-58-61-64-67-73(76)79-70-71(69-78-72(75)66-63-60-57-54-51-21-18-15-12-9-6-3)80-74(77)68-65-62-59-56-53-50-48-46-44-42-39-35-33-31-29-27-25-23-20-17-14-11-8-5-2/h7,10,15-16,18-19,24,26,30,32,36-37,40-41,45,47,71H,4-6,8-9,11-14,17,20-23,25,27-29,31,33-35,38-39,42-44,46,48-70H2,1-3H3/b10-7-,18-15-,19-16-,26-24-,32-30-,37-36-,41-40-,47-45-. The summed E-state index contributed by atoms with van der Waals surface area (Å²) in [6, 6.07) is 0. The first-order valence-corrected chi connectivity index (χ1v) is 34.2. The van der Waals surface area contributed by atoms with Crippen molar-refractivity contribution >= 4 is 17.9 Å². The van der Waals surface area contributed by atoms with Crippen LogP contribution in [0.2, 0.25) is 0 Å². The van der Waals surface area contributed by atoms with Crippen LogP contribution in [-0.4, -0.2) is 37.2 Å². The summed E-state index contributed by atoms with van der Waals surface area (Å²) in [5, 5.41) is 0. The van der Waals surface area contributed by atoms with E-state index in [0.717, 1.165) is 128 Å². The van der Waals surface area contributed by atoms with Crippen LogP contribution in [0, 0.1) is 0 Å². The molecule has 0 amide bonds. The van der Waals surface area contributed by atoms with E-state index in [2.05, 4.69) is 118 Å². The van der Waals surface area contributed by atoms with E-state index in [1.165, 1.54) is 167 Å². The molecule has 0 spiro atoms. The van der Waals surface area contributed by atoms with Gasteiger partial charge in [0.15, 0.2) is 6.10 Å². The van der Waals surface area contributed by atoms with E-state index >= 15 is 0 Å². The molecule has 1 atom stereocenters. The van der Waals surface area contributed by atoms with Crippen LogP contribution < -0.4 is 0 Å². The molecular formula is C74H128O6. The van der Waals surface area contributed by atoms with Gasteiger partial charge in [-0.3, -0.25) is 14.4 Å². The van der Waals surface area contributed by atoms with Crippen molar-refractivity contribution in [2.45, 2.75) is 341 Å². The second-order valence-corrected chi connectivity index (χ2v) is 22.7. The number of esters is 3. The predicted molar refractivity (Wildman–Crippen MR) is 348 cm³/mol. The molecule has 0 fully saturated rings. The molecule has 0 aliphatic carbocycles. The fourth-order valence-electron chi connectivity index (χ4n) is 9.70. The molecule has 0 aliphatic rings. The van der Waals surface area contributed by atoms with Gasteiger partial charge < -0.3 is 14.2 Å². The lowest BCUT2D eigenvalue weighted by atomic mass is 10.0. The van der Waals surface area contributed by atoms with Crippen LogP contribution in [0.1, 0.15) is 335 Å². The zero-order valence-corrected chi connectivity index (χ0v) is 52.8. The Balaban J connectivity index is 4.29. The molecule has 1 unspecified atom stereocenters. The van der Waals surface area contributed by atoms with Crippen molar-refractivity contribution in [2.24, 2.45) is 0 Å². The fraction of sp³-hybridized carbons (Fsp3) is 0.743. The number of unbranched alkanes of at least 4 members (excludes halogenated alkanes) is 35. The van der Waals surface area contributed by atoms with Gasteiger partial charge in [-0.2, -0.15) is 0 Å². The summed E-state index contributed by atoms with van der Waals surface area (Å²) in [4.78, 5) is 38.3. The van der Waals surface area contributed by atoms with Gasteiger partial charge >= 0.3 is 17.9 Å². The van der Waals surface area contributed by atoms with Crippen molar-refractivity contribution in [3.63, 3.8) is 0 Å². The van der Waals surface area contributed by atoms with E-state index in [0.29, 0.717) is 19.3 Å². The molecule has 0 aliphatic heterocycles.